The summed E-state index contributed by atoms with van der Waals surface area (Å²) < 4.78 is 46.8. The number of hydrogen-bond donors (Lipinski definition) is 0. The number of carbonyl (C=O) groups excluding carboxylic acids is 1. The van der Waals surface area contributed by atoms with Gasteiger partial charge in [-0.3, -0.25) is 4.79 Å². The number of ether oxygens (including phenoxy) is 1. The summed E-state index contributed by atoms with van der Waals surface area (Å²) in [6.07, 6.45) is 3.16. The molecule has 28 heavy (non-hydrogen) atoms. The number of aromatic nitrogens is 3. The van der Waals surface area contributed by atoms with Crippen LogP contribution in [0.1, 0.15) is 24.6 Å². The van der Waals surface area contributed by atoms with E-state index in [1.165, 1.54) is 23.5 Å². The third-order valence-electron chi connectivity index (χ3n) is 5.05. The standard InChI is InChI=1S/C17H20FN5O4S/c1-27-16-5-4-14(7-15(16)18)28(25,26)22-10-13(11-22)23-9-12(19-20-23)8-21-6-2-3-17(21)24/h4-5,7,9,13H,2-3,6,8,10-11H2,1H3. The van der Waals surface area contributed by atoms with Gasteiger partial charge in [0.05, 0.1) is 30.8 Å². The zero-order valence-corrected chi connectivity index (χ0v) is 16.1. The number of amides is 1. The maximum Gasteiger partial charge on any atom is 0.243 e. The van der Waals surface area contributed by atoms with Crippen molar-refractivity contribution in [2.45, 2.75) is 30.3 Å². The molecule has 0 aliphatic carbocycles. The third kappa shape index (κ3) is 3.35. The van der Waals surface area contributed by atoms with Crippen LogP contribution in [0.2, 0.25) is 0 Å². The lowest BCUT2D eigenvalue weighted by atomic mass is 10.2. The van der Waals surface area contributed by atoms with Crippen LogP contribution in [0.25, 0.3) is 0 Å². The second-order valence-electron chi connectivity index (χ2n) is 6.88. The molecule has 4 rings (SSSR count). The lowest BCUT2D eigenvalue weighted by Crippen LogP contribution is -2.50. The molecule has 1 amide bonds. The van der Waals surface area contributed by atoms with Crippen molar-refractivity contribution in [1.82, 2.24) is 24.2 Å². The Morgan fingerprint density at radius 2 is 2.11 bits per heavy atom. The van der Waals surface area contributed by atoms with E-state index in [1.807, 2.05) is 0 Å². The summed E-state index contributed by atoms with van der Waals surface area (Å²) >= 11 is 0. The highest BCUT2D eigenvalue weighted by atomic mass is 32.2. The maximum atomic E-state index is 13.8. The van der Waals surface area contributed by atoms with E-state index in [-0.39, 0.29) is 35.7 Å². The van der Waals surface area contributed by atoms with E-state index >= 15 is 0 Å². The first-order chi connectivity index (χ1) is 13.4. The number of hydrogen-bond acceptors (Lipinski definition) is 6. The summed E-state index contributed by atoms with van der Waals surface area (Å²) in [5.41, 5.74) is 0.675. The highest BCUT2D eigenvalue weighted by Gasteiger charge is 2.38. The molecule has 0 bridgehead atoms. The summed E-state index contributed by atoms with van der Waals surface area (Å²) in [6, 6.07) is 3.43. The molecule has 9 nitrogen and oxygen atoms in total. The first-order valence-corrected chi connectivity index (χ1v) is 10.3. The fourth-order valence-corrected chi connectivity index (χ4v) is 4.90. The molecule has 0 spiro atoms. The average molecular weight is 409 g/mol. The van der Waals surface area contributed by atoms with E-state index in [0.717, 1.165) is 19.0 Å². The Kier molecular flexibility index (Phi) is 4.79. The Balaban J connectivity index is 1.40. The normalized spacial score (nSPS) is 18.5. The van der Waals surface area contributed by atoms with Gasteiger partial charge in [0.25, 0.3) is 0 Å². The van der Waals surface area contributed by atoms with Gasteiger partial charge in [0.15, 0.2) is 11.6 Å². The van der Waals surface area contributed by atoms with Gasteiger partial charge in [-0.1, -0.05) is 5.21 Å². The van der Waals surface area contributed by atoms with E-state index in [9.17, 15) is 17.6 Å². The first-order valence-electron chi connectivity index (χ1n) is 8.90. The molecule has 1 aromatic carbocycles. The molecule has 11 heteroatoms. The second kappa shape index (κ2) is 7.13. The summed E-state index contributed by atoms with van der Waals surface area (Å²) in [6.45, 7) is 1.58. The molecule has 2 aromatic rings. The molecule has 3 heterocycles. The fourth-order valence-electron chi connectivity index (χ4n) is 3.37. The monoisotopic (exact) mass is 409 g/mol. The van der Waals surface area contributed by atoms with E-state index in [0.29, 0.717) is 18.7 Å². The van der Waals surface area contributed by atoms with Crippen LogP contribution in [0, 0.1) is 5.82 Å². The van der Waals surface area contributed by atoms with Crippen molar-refractivity contribution in [3.05, 3.63) is 35.9 Å². The number of carbonyl (C=O) groups is 1. The molecule has 0 N–H and O–H groups in total. The van der Waals surface area contributed by atoms with Crippen LogP contribution >= 0.6 is 0 Å². The number of methoxy groups -OCH3 is 1. The minimum absolute atomic E-state index is 0.00735. The van der Waals surface area contributed by atoms with Crippen LogP contribution in [0.3, 0.4) is 0 Å². The SMILES string of the molecule is COc1ccc(S(=O)(=O)N2CC(n3cc(CN4CCCC4=O)nn3)C2)cc1F. The van der Waals surface area contributed by atoms with Gasteiger partial charge < -0.3 is 9.64 Å². The Labute approximate surface area is 161 Å². The van der Waals surface area contributed by atoms with E-state index < -0.39 is 15.8 Å². The third-order valence-corrected chi connectivity index (χ3v) is 6.87. The van der Waals surface area contributed by atoms with Crippen molar-refractivity contribution in [1.29, 1.82) is 0 Å². The average Bonchev–Trinajstić information content (AvgIpc) is 3.23. The van der Waals surface area contributed by atoms with Gasteiger partial charge >= 0.3 is 0 Å². The highest BCUT2D eigenvalue weighted by molar-refractivity contribution is 7.89. The van der Waals surface area contributed by atoms with Crippen molar-refractivity contribution < 1.29 is 22.3 Å². The van der Waals surface area contributed by atoms with Gasteiger partial charge in [0, 0.05) is 26.1 Å². The molecule has 2 saturated heterocycles. The van der Waals surface area contributed by atoms with E-state index in [4.69, 9.17) is 4.74 Å². The predicted octanol–water partition coefficient (Wildman–Crippen LogP) is 0.794. The maximum absolute atomic E-state index is 13.8. The molecular formula is C17H20FN5O4S. The number of sulfonamides is 1. The number of halogens is 1. The number of rotatable bonds is 6. The smallest absolute Gasteiger partial charge is 0.243 e. The first kappa shape index (κ1) is 18.8. The Morgan fingerprint density at radius 3 is 2.75 bits per heavy atom. The second-order valence-corrected chi connectivity index (χ2v) is 8.82. The molecular weight excluding hydrogens is 389 g/mol. The summed E-state index contributed by atoms with van der Waals surface area (Å²) in [5, 5.41) is 8.14. The lowest BCUT2D eigenvalue weighted by molar-refractivity contribution is -0.128. The largest absolute Gasteiger partial charge is 0.494 e. The van der Waals surface area contributed by atoms with Gasteiger partial charge in [0.1, 0.15) is 5.69 Å². The quantitative estimate of drug-likeness (QED) is 0.700. The molecule has 2 fully saturated rings. The van der Waals surface area contributed by atoms with Crippen molar-refractivity contribution in [3.8, 4) is 5.75 Å². The predicted molar refractivity (Wildman–Crippen MR) is 95.4 cm³/mol. The van der Waals surface area contributed by atoms with Crippen molar-refractivity contribution in [3.63, 3.8) is 0 Å². The molecule has 0 atom stereocenters. The number of likely N-dealkylation sites (tertiary alicyclic amines) is 1. The molecule has 2 aliphatic heterocycles. The van der Waals surface area contributed by atoms with Gasteiger partial charge in [-0.05, 0) is 24.6 Å². The molecule has 2 aliphatic rings. The minimum Gasteiger partial charge on any atom is -0.494 e. The van der Waals surface area contributed by atoms with Crippen LogP contribution < -0.4 is 4.74 Å². The van der Waals surface area contributed by atoms with Crippen molar-refractivity contribution in [2.75, 3.05) is 26.7 Å². The Morgan fingerprint density at radius 1 is 1.32 bits per heavy atom. The van der Waals surface area contributed by atoms with Crippen LogP contribution in [0.5, 0.6) is 5.75 Å². The lowest BCUT2D eigenvalue weighted by Gasteiger charge is -2.37. The van der Waals surface area contributed by atoms with Gasteiger partial charge in [0.2, 0.25) is 15.9 Å². The molecule has 0 saturated carbocycles. The van der Waals surface area contributed by atoms with Gasteiger partial charge in [-0.15, -0.1) is 5.10 Å². The van der Waals surface area contributed by atoms with Crippen LogP contribution in [-0.2, 0) is 21.4 Å². The molecule has 0 unspecified atom stereocenters. The topological polar surface area (TPSA) is 97.6 Å². The Hall–Kier alpha value is -2.53. The summed E-state index contributed by atoms with van der Waals surface area (Å²) in [7, 11) is -2.47. The Bertz CT molecular complexity index is 1000. The zero-order chi connectivity index (χ0) is 19.9. The van der Waals surface area contributed by atoms with E-state index in [1.54, 1.807) is 15.8 Å². The van der Waals surface area contributed by atoms with Crippen LogP contribution in [0.15, 0.2) is 29.3 Å². The minimum atomic E-state index is -3.79. The highest BCUT2D eigenvalue weighted by Crippen LogP contribution is 2.30. The summed E-state index contributed by atoms with van der Waals surface area (Å²) in [4.78, 5) is 13.3. The van der Waals surface area contributed by atoms with Gasteiger partial charge in [-0.2, -0.15) is 4.31 Å². The number of benzene rings is 1. The fraction of sp³-hybridized carbons (Fsp3) is 0.471. The van der Waals surface area contributed by atoms with Crippen molar-refractivity contribution in [2.24, 2.45) is 0 Å². The van der Waals surface area contributed by atoms with Crippen LogP contribution in [-0.4, -0.2) is 65.3 Å². The molecule has 1 aromatic heterocycles. The van der Waals surface area contributed by atoms with E-state index in [2.05, 4.69) is 10.3 Å². The molecule has 150 valence electrons. The van der Waals surface area contributed by atoms with Gasteiger partial charge in [-0.25, -0.2) is 17.5 Å². The zero-order valence-electron chi connectivity index (χ0n) is 15.3. The van der Waals surface area contributed by atoms with Crippen LogP contribution in [0.4, 0.5) is 4.39 Å². The summed E-state index contributed by atoms with van der Waals surface area (Å²) in [5.74, 6) is -0.618. The molecule has 0 radical (unpaired) electrons. The number of nitrogens with zero attached hydrogens (tertiary/aromatic N) is 5. The van der Waals surface area contributed by atoms with Crippen molar-refractivity contribution >= 4 is 15.9 Å².